The van der Waals surface area contributed by atoms with Crippen molar-refractivity contribution in [3.63, 3.8) is 0 Å². The zero-order chi connectivity index (χ0) is 19.6. The zero-order valence-electron chi connectivity index (χ0n) is 15.7. The van der Waals surface area contributed by atoms with Crippen LogP contribution in [-0.4, -0.2) is 11.8 Å². The molecule has 0 aromatic heterocycles. The Kier molecular flexibility index (Phi) is 7.56. The topological polar surface area (TPSA) is 58.2 Å². The molecule has 0 aliphatic rings. The zero-order valence-corrected chi connectivity index (χ0v) is 15.7. The summed E-state index contributed by atoms with van der Waals surface area (Å²) in [6.07, 6.45) is 3.96. The molecule has 2 aromatic rings. The Morgan fingerprint density at radius 3 is 1.70 bits per heavy atom. The highest BCUT2D eigenvalue weighted by Gasteiger charge is 2.24. The second-order valence-corrected chi connectivity index (χ2v) is 6.29. The van der Waals surface area contributed by atoms with Crippen molar-refractivity contribution in [1.82, 2.24) is 10.6 Å². The van der Waals surface area contributed by atoms with E-state index in [0.717, 1.165) is 22.3 Å². The van der Waals surface area contributed by atoms with Crippen LogP contribution in [0, 0.1) is 5.92 Å². The van der Waals surface area contributed by atoms with Crippen LogP contribution in [0.25, 0.3) is 12.2 Å². The molecule has 4 nitrogen and oxygen atoms in total. The van der Waals surface area contributed by atoms with Gasteiger partial charge in [-0.3, -0.25) is 9.59 Å². The molecule has 2 rings (SSSR count). The summed E-state index contributed by atoms with van der Waals surface area (Å²) in [6.45, 7) is 10.1. The van der Waals surface area contributed by atoms with Gasteiger partial charge in [0.1, 0.15) is 5.92 Å². The van der Waals surface area contributed by atoms with E-state index in [9.17, 15) is 9.59 Å². The smallest absolute Gasteiger partial charge is 0.232 e. The highest BCUT2D eigenvalue weighted by atomic mass is 16.2. The largest absolute Gasteiger partial charge is 0.351 e. The molecule has 0 saturated heterocycles. The summed E-state index contributed by atoms with van der Waals surface area (Å²) in [6, 6.07) is 15.5. The van der Waals surface area contributed by atoms with E-state index in [0.29, 0.717) is 19.5 Å². The summed E-state index contributed by atoms with van der Waals surface area (Å²) in [5.41, 5.74) is 3.93. The molecule has 0 aliphatic heterocycles. The maximum Gasteiger partial charge on any atom is 0.232 e. The summed E-state index contributed by atoms with van der Waals surface area (Å²) >= 11 is 0. The Labute approximate surface area is 161 Å². The third kappa shape index (κ3) is 5.96. The van der Waals surface area contributed by atoms with Gasteiger partial charge in [0.2, 0.25) is 11.8 Å². The molecule has 0 fully saturated rings. The van der Waals surface area contributed by atoms with Crippen molar-refractivity contribution in [1.29, 1.82) is 0 Å². The van der Waals surface area contributed by atoms with E-state index in [2.05, 4.69) is 23.8 Å². The van der Waals surface area contributed by atoms with E-state index in [4.69, 9.17) is 0 Å². The van der Waals surface area contributed by atoms with Crippen LogP contribution in [0.15, 0.2) is 61.7 Å². The number of amides is 2. The molecule has 0 unspecified atom stereocenters. The van der Waals surface area contributed by atoms with Gasteiger partial charge in [-0.2, -0.15) is 0 Å². The average Bonchev–Trinajstić information content (AvgIpc) is 2.71. The van der Waals surface area contributed by atoms with Crippen molar-refractivity contribution in [3.8, 4) is 0 Å². The molecular formula is C23H26N2O2. The van der Waals surface area contributed by atoms with E-state index < -0.39 is 5.92 Å². The van der Waals surface area contributed by atoms with Gasteiger partial charge in [-0.15, -0.1) is 0 Å². The fourth-order valence-electron chi connectivity index (χ4n) is 2.77. The van der Waals surface area contributed by atoms with Crippen molar-refractivity contribution in [2.75, 3.05) is 0 Å². The highest BCUT2D eigenvalue weighted by molar-refractivity contribution is 6.00. The lowest BCUT2D eigenvalue weighted by molar-refractivity contribution is -0.135. The van der Waals surface area contributed by atoms with E-state index in [1.807, 2.05) is 55.5 Å². The molecule has 0 atom stereocenters. The molecule has 4 heteroatoms. The van der Waals surface area contributed by atoms with Gasteiger partial charge in [-0.25, -0.2) is 0 Å². The first-order chi connectivity index (χ1) is 13.1. The minimum absolute atomic E-state index is 0.265. The van der Waals surface area contributed by atoms with Crippen molar-refractivity contribution in [3.05, 3.63) is 83.9 Å². The minimum atomic E-state index is -0.713. The van der Waals surface area contributed by atoms with Crippen LogP contribution < -0.4 is 10.6 Å². The number of carbonyl (C=O) groups is 2. The van der Waals surface area contributed by atoms with Gasteiger partial charge >= 0.3 is 0 Å². The van der Waals surface area contributed by atoms with Crippen molar-refractivity contribution in [2.24, 2.45) is 5.92 Å². The van der Waals surface area contributed by atoms with E-state index in [1.54, 1.807) is 12.2 Å². The van der Waals surface area contributed by atoms with Crippen LogP contribution in [-0.2, 0) is 22.7 Å². The summed E-state index contributed by atoms with van der Waals surface area (Å²) in [5, 5.41) is 5.70. The average molecular weight is 362 g/mol. The van der Waals surface area contributed by atoms with Gasteiger partial charge in [0, 0.05) is 13.1 Å². The molecule has 140 valence electrons. The Bertz CT molecular complexity index is 759. The monoisotopic (exact) mass is 362 g/mol. The molecule has 2 aromatic carbocycles. The highest BCUT2D eigenvalue weighted by Crippen LogP contribution is 2.10. The molecular weight excluding hydrogens is 336 g/mol. The SMILES string of the molecule is C=Cc1cccc(CNC(=O)C(CC)C(=O)NCc2cccc(C=C)c2)c1. The number of benzene rings is 2. The molecule has 0 aliphatic carbocycles. The molecule has 2 amide bonds. The molecule has 0 bridgehead atoms. The fourth-order valence-corrected chi connectivity index (χ4v) is 2.77. The Morgan fingerprint density at radius 2 is 1.33 bits per heavy atom. The lowest BCUT2D eigenvalue weighted by atomic mass is 10.0. The van der Waals surface area contributed by atoms with Gasteiger partial charge < -0.3 is 10.6 Å². The van der Waals surface area contributed by atoms with Crippen molar-refractivity contribution < 1.29 is 9.59 Å². The molecule has 27 heavy (non-hydrogen) atoms. The third-order valence-electron chi connectivity index (χ3n) is 4.35. The van der Waals surface area contributed by atoms with Gasteiger partial charge in [0.25, 0.3) is 0 Å². The summed E-state index contributed by atoms with van der Waals surface area (Å²) in [4.78, 5) is 24.9. The number of nitrogens with one attached hydrogen (secondary N) is 2. The summed E-state index contributed by atoms with van der Waals surface area (Å²) < 4.78 is 0. The third-order valence-corrected chi connectivity index (χ3v) is 4.35. The summed E-state index contributed by atoms with van der Waals surface area (Å²) in [7, 11) is 0. The first-order valence-electron chi connectivity index (χ1n) is 9.05. The number of hydrogen-bond donors (Lipinski definition) is 2. The molecule has 0 radical (unpaired) electrons. The van der Waals surface area contributed by atoms with Crippen molar-refractivity contribution in [2.45, 2.75) is 26.4 Å². The standard InChI is InChI=1S/C23H26N2O2/c1-4-17-9-7-11-19(13-17)15-24-22(26)21(6-3)23(27)25-16-20-12-8-10-18(5-2)14-20/h4-5,7-14,21H,1-2,6,15-16H2,3H3,(H,24,26)(H,25,27). The van der Waals surface area contributed by atoms with Crippen LogP contribution in [0.4, 0.5) is 0 Å². The normalized spacial score (nSPS) is 10.3. The quantitative estimate of drug-likeness (QED) is 0.664. The van der Waals surface area contributed by atoms with Gasteiger partial charge in [0.05, 0.1) is 0 Å². The lowest BCUT2D eigenvalue weighted by Gasteiger charge is -2.15. The summed E-state index contributed by atoms with van der Waals surface area (Å²) in [5.74, 6) is -1.24. The van der Waals surface area contributed by atoms with Crippen LogP contribution >= 0.6 is 0 Å². The van der Waals surface area contributed by atoms with E-state index in [1.165, 1.54) is 0 Å². The van der Waals surface area contributed by atoms with Crippen LogP contribution in [0.3, 0.4) is 0 Å². The number of carbonyl (C=O) groups excluding carboxylic acids is 2. The fraction of sp³-hybridized carbons (Fsp3) is 0.217. The van der Waals surface area contributed by atoms with Crippen molar-refractivity contribution >= 4 is 24.0 Å². The predicted octanol–water partition coefficient (Wildman–Crippen LogP) is 3.93. The number of hydrogen-bond acceptors (Lipinski definition) is 2. The maximum atomic E-state index is 12.4. The second kappa shape index (κ2) is 10.1. The lowest BCUT2D eigenvalue weighted by Crippen LogP contribution is -2.40. The Hall–Kier alpha value is -3.14. The van der Waals surface area contributed by atoms with Crippen LogP contribution in [0.2, 0.25) is 0 Å². The van der Waals surface area contributed by atoms with Gasteiger partial charge in [-0.1, -0.05) is 68.6 Å². The Balaban J connectivity index is 1.91. The second-order valence-electron chi connectivity index (χ2n) is 6.29. The minimum Gasteiger partial charge on any atom is -0.351 e. The van der Waals surface area contributed by atoms with Crippen LogP contribution in [0.5, 0.6) is 0 Å². The molecule has 0 spiro atoms. The first kappa shape index (κ1) is 20.2. The molecule has 0 saturated carbocycles. The van der Waals surface area contributed by atoms with E-state index >= 15 is 0 Å². The van der Waals surface area contributed by atoms with Gasteiger partial charge in [0.15, 0.2) is 0 Å². The predicted molar refractivity (Wildman–Crippen MR) is 111 cm³/mol. The molecule has 2 N–H and O–H groups in total. The van der Waals surface area contributed by atoms with Crippen LogP contribution in [0.1, 0.15) is 35.6 Å². The van der Waals surface area contributed by atoms with E-state index in [-0.39, 0.29) is 11.8 Å². The number of rotatable bonds is 9. The van der Waals surface area contributed by atoms with Gasteiger partial charge in [-0.05, 0) is 40.8 Å². The Morgan fingerprint density at radius 1 is 0.889 bits per heavy atom. The first-order valence-corrected chi connectivity index (χ1v) is 9.05. The maximum absolute atomic E-state index is 12.4. The molecule has 0 heterocycles.